The third kappa shape index (κ3) is 2.43. The van der Waals surface area contributed by atoms with Crippen LogP contribution in [-0.2, 0) is 0 Å². The van der Waals surface area contributed by atoms with Gasteiger partial charge in [0.15, 0.2) is 0 Å². The summed E-state index contributed by atoms with van der Waals surface area (Å²) in [5.74, 6) is 0.441. The van der Waals surface area contributed by atoms with Gasteiger partial charge in [0.2, 0.25) is 0 Å². The molecule has 0 aromatic heterocycles. The van der Waals surface area contributed by atoms with Crippen LogP contribution < -0.4 is 0 Å². The molecule has 0 amide bonds. The van der Waals surface area contributed by atoms with Crippen molar-refractivity contribution in [2.75, 3.05) is 0 Å². The number of rotatable bonds is 1. The van der Waals surface area contributed by atoms with E-state index in [1.165, 1.54) is 0 Å². The van der Waals surface area contributed by atoms with Crippen LogP contribution >= 0.6 is 0 Å². The van der Waals surface area contributed by atoms with Crippen LogP contribution in [0.25, 0.3) is 0 Å². The number of hydrogen-bond acceptors (Lipinski definition) is 0. The van der Waals surface area contributed by atoms with Crippen molar-refractivity contribution in [1.82, 2.24) is 0 Å². The van der Waals surface area contributed by atoms with Gasteiger partial charge in [0.1, 0.15) is 12.3 Å². The maximum Gasteiger partial charge on any atom is 0.103 e. The van der Waals surface area contributed by atoms with E-state index in [0.717, 1.165) is 6.42 Å². The molecule has 0 radical (unpaired) electrons. The maximum absolute atomic E-state index is 13.4. The molecule has 1 fully saturated rings. The van der Waals surface area contributed by atoms with Crippen molar-refractivity contribution >= 4 is 0 Å². The highest BCUT2D eigenvalue weighted by Gasteiger charge is 2.28. The van der Waals surface area contributed by atoms with E-state index in [9.17, 15) is 8.78 Å². The Morgan fingerprint density at radius 1 is 1.00 bits per heavy atom. The fourth-order valence-corrected chi connectivity index (χ4v) is 2.00. The molecule has 1 rings (SSSR count). The first kappa shape index (κ1) is 9.94. The third-order valence-electron chi connectivity index (χ3n) is 2.89. The molecular formula is C10H18F2. The first-order chi connectivity index (χ1) is 5.61. The summed E-state index contributed by atoms with van der Waals surface area (Å²) in [4.78, 5) is 0. The molecular weight excluding hydrogens is 158 g/mol. The predicted octanol–water partition coefficient (Wildman–Crippen LogP) is 3.51. The molecule has 1 aliphatic rings. The van der Waals surface area contributed by atoms with E-state index in [2.05, 4.69) is 0 Å². The molecule has 0 aliphatic heterocycles. The number of halogens is 2. The van der Waals surface area contributed by atoms with Crippen LogP contribution in [0.1, 0.15) is 39.5 Å². The quantitative estimate of drug-likeness (QED) is 0.536. The van der Waals surface area contributed by atoms with Crippen molar-refractivity contribution in [3.05, 3.63) is 0 Å². The van der Waals surface area contributed by atoms with Crippen molar-refractivity contribution in [3.63, 3.8) is 0 Å². The molecule has 12 heavy (non-hydrogen) atoms. The lowest BCUT2D eigenvalue weighted by Gasteiger charge is -2.21. The molecule has 3 unspecified atom stereocenters. The Bertz CT molecular complexity index is 134. The molecule has 1 aliphatic carbocycles. The molecule has 0 spiro atoms. The van der Waals surface area contributed by atoms with Gasteiger partial charge in [-0.1, -0.05) is 13.8 Å². The van der Waals surface area contributed by atoms with Gasteiger partial charge >= 0.3 is 0 Å². The number of hydrogen-bond donors (Lipinski definition) is 0. The fourth-order valence-electron chi connectivity index (χ4n) is 2.00. The van der Waals surface area contributed by atoms with Crippen molar-refractivity contribution in [1.29, 1.82) is 0 Å². The zero-order valence-electron chi connectivity index (χ0n) is 7.89. The van der Waals surface area contributed by atoms with Crippen LogP contribution in [0.2, 0.25) is 0 Å². The Morgan fingerprint density at radius 3 is 2.17 bits per heavy atom. The van der Waals surface area contributed by atoms with E-state index in [1.54, 1.807) is 0 Å². The van der Waals surface area contributed by atoms with Crippen molar-refractivity contribution < 1.29 is 8.78 Å². The maximum atomic E-state index is 13.4. The highest BCUT2D eigenvalue weighted by atomic mass is 19.1. The van der Waals surface area contributed by atoms with Gasteiger partial charge in [-0.2, -0.15) is 0 Å². The largest absolute Gasteiger partial charge is 0.247 e. The highest BCUT2D eigenvalue weighted by molar-refractivity contribution is 4.78. The molecule has 72 valence electrons. The molecule has 0 heterocycles. The molecule has 2 heteroatoms. The molecule has 0 nitrogen and oxygen atoms in total. The van der Waals surface area contributed by atoms with Gasteiger partial charge in [-0.15, -0.1) is 0 Å². The van der Waals surface area contributed by atoms with Crippen LogP contribution in [0.5, 0.6) is 0 Å². The summed E-state index contributed by atoms with van der Waals surface area (Å²) < 4.78 is 26.3. The first-order valence-electron chi connectivity index (χ1n) is 4.89. The lowest BCUT2D eigenvalue weighted by Crippen LogP contribution is -2.19. The molecule has 0 aromatic rings. The van der Waals surface area contributed by atoms with Crippen LogP contribution in [0.4, 0.5) is 8.78 Å². The van der Waals surface area contributed by atoms with Gasteiger partial charge in [0, 0.05) is 0 Å². The van der Waals surface area contributed by atoms with E-state index in [0.29, 0.717) is 25.2 Å². The van der Waals surface area contributed by atoms with Gasteiger partial charge in [0.25, 0.3) is 0 Å². The molecule has 0 saturated heterocycles. The van der Waals surface area contributed by atoms with Crippen LogP contribution in [-0.4, -0.2) is 12.3 Å². The van der Waals surface area contributed by atoms with Crippen LogP contribution in [0.15, 0.2) is 0 Å². The van der Waals surface area contributed by atoms with Gasteiger partial charge in [-0.05, 0) is 37.5 Å². The van der Waals surface area contributed by atoms with Gasteiger partial charge in [-0.25, -0.2) is 8.78 Å². The Balaban J connectivity index is 2.50. The summed E-state index contributed by atoms with van der Waals surface area (Å²) >= 11 is 0. The lowest BCUT2D eigenvalue weighted by molar-refractivity contribution is 0.170. The monoisotopic (exact) mass is 176 g/mol. The van der Waals surface area contributed by atoms with Crippen molar-refractivity contribution in [3.8, 4) is 0 Å². The minimum absolute atomic E-state index is 0.0887. The first-order valence-corrected chi connectivity index (χ1v) is 4.89. The molecule has 1 saturated carbocycles. The Hall–Kier alpha value is -0.140. The van der Waals surface area contributed by atoms with Crippen molar-refractivity contribution in [2.45, 2.75) is 51.9 Å². The van der Waals surface area contributed by atoms with E-state index in [-0.39, 0.29) is 5.92 Å². The topological polar surface area (TPSA) is 0 Å². The fraction of sp³-hybridized carbons (Fsp3) is 1.00. The summed E-state index contributed by atoms with van der Waals surface area (Å²) in [6.07, 6.45) is 0.593. The van der Waals surface area contributed by atoms with Gasteiger partial charge < -0.3 is 0 Å². The Morgan fingerprint density at radius 2 is 1.58 bits per heavy atom. The predicted molar refractivity (Wildman–Crippen MR) is 46.6 cm³/mol. The lowest BCUT2D eigenvalue weighted by atomic mass is 9.87. The van der Waals surface area contributed by atoms with Gasteiger partial charge in [0.05, 0.1) is 0 Å². The second kappa shape index (κ2) is 4.20. The van der Waals surface area contributed by atoms with E-state index < -0.39 is 12.3 Å². The van der Waals surface area contributed by atoms with Crippen LogP contribution in [0.3, 0.4) is 0 Å². The summed E-state index contributed by atoms with van der Waals surface area (Å²) in [6.45, 7) is 4.05. The zero-order chi connectivity index (χ0) is 9.14. The van der Waals surface area contributed by atoms with Crippen molar-refractivity contribution in [2.24, 2.45) is 11.8 Å². The highest BCUT2D eigenvalue weighted by Crippen LogP contribution is 2.32. The Labute approximate surface area is 73.3 Å². The average molecular weight is 176 g/mol. The molecule has 0 bridgehead atoms. The Kier molecular flexibility index (Phi) is 3.48. The summed E-state index contributed by atoms with van der Waals surface area (Å²) in [5.41, 5.74) is 0. The summed E-state index contributed by atoms with van der Waals surface area (Å²) in [6, 6.07) is 0. The normalized spacial score (nSPS) is 38.2. The standard InChI is InChI=1S/C10H18F2/c1-7(2)9-5-3-8(11)4-6-10(9)12/h7-10H,3-6H2,1-2H3. The smallest absolute Gasteiger partial charge is 0.103 e. The van der Waals surface area contributed by atoms with E-state index in [1.807, 2.05) is 13.8 Å². The minimum atomic E-state index is -0.772. The summed E-state index contributed by atoms with van der Waals surface area (Å²) in [5, 5.41) is 0. The van der Waals surface area contributed by atoms with Gasteiger partial charge in [-0.3, -0.25) is 0 Å². The molecule has 0 N–H and O–H groups in total. The van der Waals surface area contributed by atoms with Crippen LogP contribution in [0, 0.1) is 11.8 Å². The average Bonchev–Trinajstić information content (AvgIpc) is 2.14. The summed E-state index contributed by atoms with van der Waals surface area (Å²) in [7, 11) is 0. The van der Waals surface area contributed by atoms with E-state index in [4.69, 9.17) is 0 Å². The SMILES string of the molecule is CC(C)C1CCC(F)CCC1F. The minimum Gasteiger partial charge on any atom is -0.247 e. The number of alkyl halides is 2. The zero-order valence-corrected chi connectivity index (χ0v) is 7.89. The second-order valence-corrected chi connectivity index (χ2v) is 4.18. The third-order valence-corrected chi connectivity index (χ3v) is 2.89. The molecule has 0 aromatic carbocycles. The van der Waals surface area contributed by atoms with E-state index >= 15 is 0 Å². The second-order valence-electron chi connectivity index (χ2n) is 4.18. The molecule has 3 atom stereocenters.